The van der Waals surface area contributed by atoms with Crippen LogP contribution in [0.1, 0.15) is 66.2 Å². The maximum Gasteiger partial charge on any atom is 0.0771 e. The molecule has 114 valence electrons. The minimum Gasteiger partial charge on any atom is -0.377 e. The Balaban J connectivity index is 2.68. The van der Waals surface area contributed by atoms with Gasteiger partial charge in [-0.2, -0.15) is 0 Å². The summed E-state index contributed by atoms with van der Waals surface area (Å²) in [6.07, 6.45) is 8.18. The molecular formula is C16H34N2O. The molecule has 1 aliphatic rings. The first-order valence-corrected chi connectivity index (χ1v) is 8.17. The van der Waals surface area contributed by atoms with E-state index in [-0.39, 0.29) is 12.1 Å². The molecule has 1 saturated carbocycles. The molecule has 0 amide bonds. The van der Waals surface area contributed by atoms with Crippen LogP contribution < -0.4 is 11.3 Å². The van der Waals surface area contributed by atoms with Gasteiger partial charge in [-0.1, -0.05) is 40.0 Å². The highest BCUT2D eigenvalue weighted by Gasteiger charge is 2.33. The van der Waals surface area contributed by atoms with Gasteiger partial charge in [-0.25, -0.2) is 0 Å². The maximum absolute atomic E-state index is 6.09. The van der Waals surface area contributed by atoms with Gasteiger partial charge in [-0.15, -0.1) is 0 Å². The molecule has 0 aromatic rings. The molecule has 3 unspecified atom stereocenters. The molecule has 0 radical (unpaired) electrons. The van der Waals surface area contributed by atoms with Crippen LogP contribution in [0.3, 0.4) is 0 Å². The van der Waals surface area contributed by atoms with E-state index in [4.69, 9.17) is 10.6 Å². The van der Waals surface area contributed by atoms with Crippen LogP contribution in [0.4, 0.5) is 0 Å². The molecule has 3 N–H and O–H groups in total. The first-order chi connectivity index (χ1) is 9.10. The van der Waals surface area contributed by atoms with E-state index in [1.165, 1.54) is 38.5 Å². The average molecular weight is 270 g/mol. The van der Waals surface area contributed by atoms with Gasteiger partial charge in [0.25, 0.3) is 0 Å². The molecule has 0 saturated heterocycles. The number of nitrogens with one attached hydrogen (secondary N) is 1. The van der Waals surface area contributed by atoms with Gasteiger partial charge in [-0.3, -0.25) is 11.3 Å². The van der Waals surface area contributed by atoms with Crippen molar-refractivity contribution in [2.75, 3.05) is 6.61 Å². The maximum atomic E-state index is 6.09. The second-order valence-corrected chi connectivity index (χ2v) is 6.62. The van der Waals surface area contributed by atoms with Gasteiger partial charge in [-0.05, 0) is 43.9 Å². The lowest BCUT2D eigenvalue weighted by Gasteiger charge is -2.38. The average Bonchev–Trinajstić information content (AvgIpc) is 2.39. The lowest BCUT2D eigenvalue weighted by molar-refractivity contribution is -0.0315. The van der Waals surface area contributed by atoms with Crippen LogP contribution in [0, 0.1) is 17.8 Å². The highest BCUT2D eigenvalue weighted by molar-refractivity contribution is 4.87. The Morgan fingerprint density at radius 1 is 1.16 bits per heavy atom. The topological polar surface area (TPSA) is 47.3 Å². The second-order valence-electron chi connectivity index (χ2n) is 6.62. The molecule has 0 aliphatic heterocycles. The highest BCUT2D eigenvalue weighted by Crippen LogP contribution is 2.32. The van der Waals surface area contributed by atoms with Crippen molar-refractivity contribution in [3.05, 3.63) is 0 Å². The largest absolute Gasteiger partial charge is 0.377 e. The molecule has 19 heavy (non-hydrogen) atoms. The zero-order chi connectivity index (χ0) is 14.3. The molecular weight excluding hydrogens is 236 g/mol. The summed E-state index contributed by atoms with van der Waals surface area (Å²) in [6.45, 7) is 9.74. The number of rotatable bonds is 8. The molecule has 0 bridgehead atoms. The standard InChI is InChI=1S/C16H34N2O/c1-5-19-16(14-9-7-6-8-10-14)15(18-17)13(4)11-12(2)3/h12-16,18H,5-11,17H2,1-4H3. The van der Waals surface area contributed by atoms with E-state index in [1.54, 1.807) is 0 Å². The first kappa shape index (κ1) is 16.9. The zero-order valence-corrected chi connectivity index (χ0v) is 13.3. The van der Waals surface area contributed by atoms with Crippen LogP contribution in [-0.4, -0.2) is 18.8 Å². The third kappa shape index (κ3) is 5.41. The Hall–Kier alpha value is -0.120. The summed E-state index contributed by atoms with van der Waals surface area (Å²) in [5.74, 6) is 7.81. The molecule has 0 aromatic heterocycles. The van der Waals surface area contributed by atoms with Gasteiger partial charge in [0.2, 0.25) is 0 Å². The van der Waals surface area contributed by atoms with Crippen molar-refractivity contribution < 1.29 is 4.74 Å². The number of hydrogen-bond donors (Lipinski definition) is 2. The fraction of sp³-hybridized carbons (Fsp3) is 1.00. The normalized spacial score (nSPS) is 22.4. The summed E-state index contributed by atoms with van der Waals surface area (Å²) >= 11 is 0. The van der Waals surface area contributed by atoms with E-state index in [1.807, 2.05) is 0 Å². The molecule has 3 heteroatoms. The van der Waals surface area contributed by atoms with Crippen LogP contribution in [-0.2, 0) is 4.74 Å². The van der Waals surface area contributed by atoms with Crippen molar-refractivity contribution in [2.24, 2.45) is 23.6 Å². The lowest BCUT2D eigenvalue weighted by Crippen LogP contribution is -2.52. The third-order valence-corrected chi connectivity index (χ3v) is 4.48. The monoisotopic (exact) mass is 270 g/mol. The van der Waals surface area contributed by atoms with Crippen molar-refractivity contribution in [2.45, 2.75) is 78.4 Å². The highest BCUT2D eigenvalue weighted by atomic mass is 16.5. The van der Waals surface area contributed by atoms with Crippen LogP contribution in [0.15, 0.2) is 0 Å². The predicted octanol–water partition coefficient (Wildman–Crippen LogP) is 3.49. The fourth-order valence-electron chi connectivity index (χ4n) is 3.66. The van der Waals surface area contributed by atoms with E-state index in [0.717, 1.165) is 6.61 Å². The van der Waals surface area contributed by atoms with Crippen molar-refractivity contribution >= 4 is 0 Å². The van der Waals surface area contributed by atoms with Gasteiger partial charge >= 0.3 is 0 Å². The molecule has 0 heterocycles. The Bertz CT molecular complexity index is 227. The van der Waals surface area contributed by atoms with Gasteiger partial charge in [0, 0.05) is 6.61 Å². The van der Waals surface area contributed by atoms with Crippen molar-refractivity contribution in [3.63, 3.8) is 0 Å². The molecule has 1 rings (SSSR count). The van der Waals surface area contributed by atoms with Crippen LogP contribution in [0.25, 0.3) is 0 Å². The second kappa shape index (κ2) is 8.93. The SMILES string of the molecule is CCOC(C1CCCCC1)C(NN)C(C)CC(C)C. The van der Waals surface area contributed by atoms with Crippen LogP contribution in [0.2, 0.25) is 0 Å². The Labute approximate surface area is 119 Å². The number of nitrogens with two attached hydrogens (primary N) is 1. The predicted molar refractivity (Wildman–Crippen MR) is 81.7 cm³/mol. The van der Waals surface area contributed by atoms with E-state index >= 15 is 0 Å². The smallest absolute Gasteiger partial charge is 0.0771 e. The minimum atomic E-state index is 0.282. The van der Waals surface area contributed by atoms with Crippen molar-refractivity contribution in [1.82, 2.24) is 5.43 Å². The molecule has 0 spiro atoms. The van der Waals surface area contributed by atoms with Crippen LogP contribution in [0.5, 0.6) is 0 Å². The molecule has 3 nitrogen and oxygen atoms in total. The van der Waals surface area contributed by atoms with Gasteiger partial charge in [0.15, 0.2) is 0 Å². The number of hydrazine groups is 1. The zero-order valence-electron chi connectivity index (χ0n) is 13.3. The van der Waals surface area contributed by atoms with E-state index < -0.39 is 0 Å². The van der Waals surface area contributed by atoms with Crippen molar-refractivity contribution in [1.29, 1.82) is 0 Å². The molecule has 1 aliphatic carbocycles. The quantitative estimate of drug-likeness (QED) is 0.524. The van der Waals surface area contributed by atoms with Crippen LogP contribution >= 0.6 is 0 Å². The summed E-state index contributed by atoms with van der Waals surface area (Å²) in [5, 5.41) is 0. The Kier molecular flexibility index (Phi) is 7.96. The van der Waals surface area contributed by atoms with E-state index in [9.17, 15) is 0 Å². The minimum absolute atomic E-state index is 0.282. The number of hydrogen-bond acceptors (Lipinski definition) is 3. The fourth-order valence-corrected chi connectivity index (χ4v) is 3.66. The number of ether oxygens (including phenoxy) is 1. The first-order valence-electron chi connectivity index (χ1n) is 8.17. The van der Waals surface area contributed by atoms with Gasteiger partial charge < -0.3 is 4.74 Å². The van der Waals surface area contributed by atoms with E-state index in [0.29, 0.717) is 17.8 Å². The summed E-state index contributed by atoms with van der Waals surface area (Å²) < 4.78 is 6.09. The summed E-state index contributed by atoms with van der Waals surface area (Å²) in [6, 6.07) is 0.283. The van der Waals surface area contributed by atoms with Gasteiger partial charge in [0.05, 0.1) is 12.1 Å². The Morgan fingerprint density at radius 3 is 2.26 bits per heavy atom. The molecule has 3 atom stereocenters. The third-order valence-electron chi connectivity index (χ3n) is 4.48. The Morgan fingerprint density at radius 2 is 1.79 bits per heavy atom. The lowest BCUT2D eigenvalue weighted by atomic mass is 9.78. The summed E-state index contributed by atoms with van der Waals surface area (Å²) in [4.78, 5) is 0. The molecule has 1 fully saturated rings. The van der Waals surface area contributed by atoms with E-state index in [2.05, 4.69) is 33.1 Å². The molecule has 0 aromatic carbocycles. The summed E-state index contributed by atoms with van der Waals surface area (Å²) in [7, 11) is 0. The summed E-state index contributed by atoms with van der Waals surface area (Å²) in [5.41, 5.74) is 3.06. The van der Waals surface area contributed by atoms with Gasteiger partial charge in [0.1, 0.15) is 0 Å². The van der Waals surface area contributed by atoms with Crippen molar-refractivity contribution in [3.8, 4) is 0 Å².